The number of nitrogens with one attached hydrogen (secondary N) is 1. The fourth-order valence-corrected chi connectivity index (χ4v) is 3.73. The molecule has 6 nitrogen and oxygen atoms in total. The molecule has 1 aliphatic heterocycles. The average molecular weight is 405 g/mol. The van der Waals surface area contributed by atoms with Gasteiger partial charge in [0, 0.05) is 44.3 Å². The van der Waals surface area contributed by atoms with E-state index >= 15 is 0 Å². The van der Waals surface area contributed by atoms with Gasteiger partial charge in [-0.3, -0.25) is 9.80 Å². The van der Waals surface area contributed by atoms with Gasteiger partial charge >= 0.3 is 0 Å². The Bertz CT molecular complexity index is 679. The minimum atomic E-state index is 0.249. The van der Waals surface area contributed by atoms with Crippen molar-refractivity contribution in [1.29, 1.82) is 0 Å². The van der Waals surface area contributed by atoms with E-state index in [1.807, 2.05) is 12.1 Å². The standard InChI is InChI=1S/C21H29ClN4O2/c22-20-8-6-19(7-9-20)21(18-4-2-1-3-5-18)26-13-11-25(12-14-26)15-17-27-16-10-24-28-23/h1-9,21,24H,10-17,23H2/t21-/m1/s1. The van der Waals surface area contributed by atoms with Crippen LogP contribution in [0.25, 0.3) is 0 Å². The van der Waals surface area contributed by atoms with Crippen molar-refractivity contribution in [3.05, 3.63) is 70.7 Å². The first kappa shape index (κ1) is 21.2. The minimum absolute atomic E-state index is 0.249. The van der Waals surface area contributed by atoms with Crippen LogP contribution in [0.1, 0.15) is 17.2 Å². The quantitative estimate of drug-likeness (QED) is 0.468. The summed E-state index contributed by atoms with van der Waals surface area (Å²) in [6, 6.07) is 19.2. The number of hydrogen-bond donors (Lipinski definition) is 2. The molecular formula is C21H29ClN4O2. The Morgan fingerprint density at radius 3 is 2.29 bits per heavy atom. The van der Waals surface area contributed by atoms with Crippen molar-refractivity contribution < 1.29 is 9.68 Å². The molecule has 3 rings (SSSR count). The summed E-state index contributed by atoms with van der Waals surface area (Å²) in [5.41, 5.74) is 5.16. The highest BCUT2D eigenvalue weighted by Gasteiger charge is 2.26. The van der Waals surface area contributed by atoms with Crippen molar-refractivity contribution in [3.63, 3.8) is 0 Å². The maximum absolute atomic E-state index is 6.11. The maximum atomic E-state index is 6.11. The van der Waals surface area contributed by atoms with Crippen LogP contribution in [0.3, 0.4) is 0 Å². The van der Waals surface area contributed by atoms with E-state index < -0.39 is 0 Å². The summed E-state index contributed by atoms with van der Waals surface area (Å²) in [6.45, 7) is 6.93. The van der Waals surface area contributed by atoms with Crippen LogP contribution in [0.2, 0.25) is 5.02 Å². The summed E-state index contributed by atoms with van der Waals surface area (Å²) in [7, 11) is 0. The molecule has 0 bridgehead atoms. The van der Waals surface area contributed by atoms with Gasteiger partial charge in [-0.2, -0.15) is 11.4 Å². The number of nitrogens with zero attached hydrogens (tertiary/aromatic N) is 2. The number of nitrogens with two attached hydrogens (primary N) is 1. The van der Waals surface area contributed by atoms with Gasteiger partial charge in [0.15, 0.2) is 0 Å². The molecule has 1 heterocycles. The van der Waals surface area contributed by atoms with Crippen LogP contribution in [0.5, 0.6) is 0 Å². The van der Waals surface area contributed by atoms with Crippen molar-refractivity contribution in [2.45, 2.75) is 6.04 Å². The van der Waals surface area contributed by atoms with E-state index in [0.29, 0.717) is 19.8 Å². The number of rotatable bonds is 10. The predicted molar refractivity (Wildman–Crippen MR) is 112 cm³/mol. The largest absolute Gasteiger partial charge is 0.379 e. The number of piperazine rings is 1. The first-order valence-corrected chi connectivity index (χ1v) is 10.1. The highest BCUT2D eigenvalue weighted by molar-refractivity contribution is 6.30. The highest BCUT2D eigenvalue weighted by Crippen LogP contribution is 2.30. The molecule has 1 saturated heterocycles. The molecule has 1 fully saturated rings. The Kier molecular flexibility index (Phi) is 8.70. The summed E-state index contributed by atoms with van der Waals surface area (Å²) in [4.78, 5) is 9.30. The number of hydrogen-bond acceptors (Lipinski definition) is 6. The molecule has 2 aromatic rings. The van der Waals surface area contributed by atoms with Gasteiger partial charge in [0.1, 0.15) is 0 Å². The van der Waals surface area contributed by atoms with Crippen LogP contribution >= 0.6 is 11.6 Å². The van der Waals surface area contributed by atoms with E-state index in [-0.39, 0.29) is 6.04 Å². The van der Waals surface area contributed by atoms with Gasteiger partial charge in [-0.05, 0) is 23.3 Å². The fourth-order valence-electron chi connectivity index (χ4n) is 3.61. The Morgan fingerprint density at radius 1 is 0.929 bits per heavy atom. The van der Waals surface area contributed by atoms with Crippen LogP contribution in [-0.4, -0.2) is 62.3 Å². The monoisotopic (exact) mass is 404 g/mol. The van der Waals surface area contributed by atoms with Gasteiger partial charge in [-0.1, -0.05) is 54.1 Å². The van der Waals surface area contributed by atoms with Gasteiger partial charge in [0.05, 0.1) is 19.3 Å². The maximum Gasteiger partial charge on any atom is 0.0615 e. The molecule has 0 aromatic heterocycles. The summed E-state index contributed by atoms with van der Waals surface area (Å²) >= 11 is 6.11. The molecule has 1 aliphatic rings. The van der Waals surface area contributed by atoms with E-state index in [0.717, 1.165) is 37.7 Å². The molecule has 0 saturated carbocycles. The second-order valence-corrected chi connectivity index (χ2v) is 7.30. The van der Waals surface area contributed by atoms with E-state index in [2.05, 4.69) is 62.7 Å². The van der Waals surface area contributed by atoms with Crippen LogP contribution in [0, 0.1) is 0 Å². The molecule has 28 heavy (non-hydrogen) atoms. The molecule has 152 valence electrons. The summed E-state index contributed by atoms with van der Waals surface area (Å²) in [5.74, 6) is 4.90. The molecular weight excluding hydrogens is 376 g/mol. The molecule has 0 amide bonds. The molecule has 0 spiro atoms. The molecule has 7 heteroatoms. The van der Waals surface area contributed by atoms with Gasteiger partial charge in [0.25, 0.3) is 0 Å². The zero-order valence-electron chi connectivity index (χ0n) is 16.1. The van der Waals surface area contributed by atoms with E-state index in [1.54, 1.807) is 0 Å². The normalized spacial score (nSPS) is 16.9. The Morgan fingerprint density at radius 2 is 1.61 bits per heavy atom. The number of benzene rings is 2. The summed E-state index contributed by atoms with van der Waals surface area (Å²) < 4.78 is 5.60. The third-order valence-corrected chi connectivity index (χ3v) is 5.31. The van der Waals surface area contributed by atoms with Gasteiger partial charge < -0.3 is 4.74 Å². The Labute approximate surface area is 172 Å². The van der Waals surface area contributed by atoms with Gasteiger partial charge in [-0.15, -0.1) is 0 Å². The number of ether oxygens (including phenoxy) is 1. The molecule has 0 aliphatic carbocycles. The Hall–Kier alpha value is -1.51. The zero-order valence-corrected chi connectivity index (χ0v) is 16.9. The minimum Gasteiger partial charge on any atom is -0.379 e. The van der Waals surface area contributed by atoms with E-state index in [9.17, 15) is 0 Å². The Balaban J connectivity index is 1.55. The molecule has 0 unspecified atom stereocenters. The summed E-state index contributed by atoms with van der Waals surface area (Å²) in [6.07, 6.45) is 0. The third-order valence-electron chi connectivity index (χ3n) is 5.06. The second kappa shape index (κ2) is 11.5. The predicted octanol–water partition coefficient (Wildman–Crippen LogP) is 2.46. The van der Waals surface area contributed by atoms with Crippen LogP contribution in [0.4, 0.5) is 0 Å². The lowest BCUT2D eigenvalue weighted by Crippen LogP contribution is -2.48. The molecule has 3 N–H and O–H groups in total. The van der Waals surface area contributed by atoms with Crippen LogP contribution < -0.4 is 11.4 Å². The second-order valence-electron chi connectivity index (χ2n) is 6.87. The van der Waals surface area contributed by atoms with E-state index in [4.69, 9.17) is 22.2 Å². The molecule has 2 aromatic carbocycles. The molecule has 0 radical (unpaired) electrons. The van der Waals surface area contributed by atoms with Gasteiger partial charge in [0.2, 0.25) is 0 Å². The van der Waals surface area contributed by atoms with Crippen LogP contribution in [-0.2, 0) is 9.68 Å². The first-order valence-electron chi connectivity index (χ1n) is 9.71. The van der Waals surface area contributed by atoms with Crippen molar-refractivity contribution in [2.75, 3.05) is 52.5 Å². The van der Waals surface area contributed by atoms with Crippen molar-refractivity contribution in [3.8, 4) is 0 Å². The SMILES string of the molecule is NONCCOCCN1CCN([C@H](c2ccccc2)c2ccc(Cl)cc2)CC1. The fraction of sp³-hybridized carbons (Fsp3) is 0.429. The van der Waals surface area contributed by atoms with E-state index in [1.165, 1.54) is 11.1 Å². The van der Waals surface area contributed by atoms with Crippen molar-refractivity contribution >= 4 is 11.6 Å². The van der Waals surface area contributed by atoms with Gasteiger partial charge in [-0.25, -0.2) is 4.94 Å². The highest BCUT2D eigenvalue weighted by atomic mass is 35.5. The van der Waals surface area contributed by atoms with Crippen LogP contribution in [0.15, 0.2) is 54.6 Å². The van der Waals surface area contributed by atoms with Crippen molar-refractivity contribution in [2.24, 2.45) is 5.90 Å². The average Bonchev–Trinajstić information content (AvgIpc) is 2.74. The number of halogens is 1. The zero-order chi connectivity index (χ0) is 19.6. The number of hydroxylamine groups is 1. The molecule has 1 atom stereocenters. The lowest BCUT2D eigenvalue weighted by Gasteiger charge is -2.39. The summed E-state index contributed by atoms with van der Waals surface area (Å²) in [5, 5.41) is 0.772. The van der Waals surface area contributed by atoms with Crippen molar-refractivity contribution in [1.82, 2.24) is 15.3 Å². The first-order chi connectivity index (χ1) is 13.8. The topological polar surface area (TPSA) is 63.0 Å². The lowest BCUT2D eigenvalue weighted by atomic mass is 9.96. The lowest BCUT2D eigenvalue weighted by molar-refractivity contribution is 0.0139. The third kappa shape index (κ3) is 6.25. The smallest absolute Gasteiger partial charge is 0.0615 e.